The van der Waals surface area contributed by atoms with Crippen LogP contribution in [-0.2, 0) is 6.42 Å². The summed E-state index contributed by atoms with van der Waals surface area (Å²) in [5.41, 5.74) is 1.41. The molecule has 0 spiro atoms. The molecule has 0 heterocycles. The second-order valence-electron chi connectivity index (χ2n) is 5.67. The minimum absolute atomic E-state index is 0.110. The van der Waals surface area contributed by atoms with E-state index in [1.165, 1.54) is 12.0 Å². The van der Waals surface area contributed by atoms with Gasteiger partial charge in [0, 0.05) is 6.54 Å². The molecule has 1 aliphatic rings. The summed E-state index contributed by atoms with van der Waals surface area (Å²) in [5.74, 6) is 0.698. The zero-order valence-electron chi connectivity index (χ0n) is 10.9. The molecule has 0 saturated heterocycles. The van der Waals surface area contributed by atoms with E-state index in [0.29, 0.717) is 12.5 Å². The van der Waals surface area contributed by atoms with Crippen LogP contribution in [0.25, 0.3) is 0 Å². The van der Waals surface area contributed by atoms with Crippen LogP contribution in [0.15, 0.2) is 30.3 Å². The Bertz CT molecular complexity index is 404. The number of carboxylic acid groups (broad SMARTS) is 1. The van der Waals surface area contributed by atoms with Crippen molar-refractivity contribution in [1.82, 2.24) is 5.32 Å². The van der Waals surface area contributed by atoms with Gasteiger partial charge < -0.3 is 10.4 Å². The minimum atomic E-state index is -0.915. The summed E-state index contributed by atoms with van der Waals surface area (Å²) < 4.78 is 0. The Balaban J connectivity index is 2.08. The molecular weight excluding hydrogens is 226 g/mol. The molecule has 1 saturated carbocycles. The maximum Gasteiger partial charge on any atom is 0.404 e. The molecule has 1 aliphatic carbocycles. The van der Waals surface area contributed by atoms with E-state index in [1.54, 1.807) is 0 Å². The smallest absolute Gasteiger partial charge is 0.404 e. The van der Waals surface area contributed by atoms with Crippen LogP contribution in [0.1, 0.15) is 31.7 Å². The van der Waals surface area contributed by atoms with Gasteiger partial charge in [-0.1, -0.05) is 43.7 Å². The van der Waals surface area contributed by atoms with Gasteiger partial charge >= 0.3 is 6.09 Å². The Morgan fingerprint density at radius 3 is 2.72 bits per heavy atom. The van der Waals surface area contributed by atoms with Gasteiger partial charge in [0.05, 0.1) is 0 Å². The Hall–Kier alpha value is -1.51. The van der Waals surface area contributed by atoms with Crippen LogP contribution >= 0.6 is 0 Å². The van der Waals surface area contributed by atoms with Crippen LogP contribution in [0.5, 0.6) is 0 Å². The second-order valence-corrected chi connectivity index (χ2v) is 5.67. The highest BCUT2D eigenvalue weighted by atomic mass is 16.4. The monoisotopic (exact) mass is 247 g/mol. The Kier molecular flexibility index (Phi) is 3.90. The van der Waals surface area contributed by atoms with E-state index in [-0.39, 0.29) is 5.41 Å². The van der Waals surface area contributed by atoms with Crippen molar-refractivity contribution in [3.8, 4) is 0 Å². The van der Waals surface area contributed by atoms with Gasteiger partial charge in [-0.05, 0) is 36.2 Å². The fraction of sp³-hybridized carbons (Fsp3) is 0.533. The quantitative estimate of drug-likeness (QED) is 0.857. The molecule has 18 heavy (non-hydrogen) atoms. The lowest BCUT2D eigenvalue weighted by Crippen LogP contribution is -2.36. The summed E-state index contributed by atoms with van der Waals surface area (Å²) in [5, 5.41) is 11.4. The number of hydrogen-bond donors (Lipinski definition) is 2. The number of rotatable bonds is 4. The normalized spacial score (nSPS) is 27.1. The predicted octanol–water partition coefficient (Wildman–Crippen LogP) is 3.30. The molecule has 3 heteroatoms. The van der Waals surface area contributed by atoms with Gasteiger partial charge in [-0.2, -0.15) is 0 Å². The molecule has 98 valence electrons. The lowest BCUT2D eigenvalue weighted by molar-refractivity contribution is 0.182. The van der Waals surface area contributed by atoms with Crippen LogP contribution < -0.4 is 5.32 Å². The van der Waals surface area contributed by atoms with Crippen molar-refractivity contribution in [2.24, 2.45) is 11.3 Å². The Morgan fingerprint density at radius 2 is 2.17 bits per heavy atom. The molecule has 0 unspecified atom stereocenters. The van der Waals surface area contributed by atoms with Crippen molar-refractivity contribution in [1.29, 1.82) is 0 Å². The molecule has 0 radical (unpaired) electrons. The molecule has 0 aromatic heterocycles. The summed E-state index contributed by atoms with van der Waals surface area (Å²) in [7, 11) is 0. The van der Waals surface area contributed by atoms with E-state index >= 15 is 0 Å². The van der Waals surface area contributed by atoms with E-state index in [9.17, 15) is 4.79 Å². The average molecular weight is 247 g/mol. The fourth-order valence-electron chi connectivity index (χ4n) is 3.17. The topological polar surface area (TPSA) is 49.3 Å². The SMILES string of the molecule is C[C@@H]1CC[C@@](CNC(=O)O)(Cc2ccccc2)C1. The minimum Gasteiger partial charge on any atom is -0.465 e. The van der Waals surface area contributed by atoms with Crippen molar-refractivity contribution in [3.63, 3.8) is 0 Å². The number of amides is 1. The van der Waals surface area contributed by atoms with Gasteiger partial charge in [-0.15, -0.1) is 0 Å². The standard InChI is InChI=1S/C15H21NO2/c1-12-7-8-15(9-12,11-16-14(17)18)10-13-5-3-2-4-6-13/h2-6,12,16H,7-11H2,1H3,(H,17,18)/t12-,15+/m1/s1. The lowest BCUT2D eigenvalue weighted by atomic mass is 9.79. The highest BCUT2D eigenvalue weighted by Crippen LogP contribution is 2.43. The van der Waals surface area contributed by atoms with Gasteiger partial charge in [0.25, 0.3) is 0 Å². The summed E-state index contributed by atoms with van der Waals surface area (Å²) in [4.78, 5) is 10.7. The van der Waals surface area contributed by atoms with E-state index in [4.69, 9.17) is 5.11 Å². The highest BCUT2D eigenvalue weighted by molar-refractivity contribution is 5.64. The molecule has 3 nitrogen and oxygen atoms in total. The van der Waals surface area contributed by atoms with Crippen LogP contribution in [0.3, 0.4) is 0 Å². The number of carbonyl (C=O) groups is 1. The van der Waals surface area contributed by atoms with Crippen molar-refractivity contribution in [3.05, 3.63) is 35.9 Å². The van der Waals surface area contributed by atoms with E-state index < -0.39 is 6.09 Å². The Labute approximate surface area is 108 Å². The zero-order chi connectivity index (χ0) is 13.0. The molecule has 1 aromatic rings. The third-order valence-electron chi connectivity index (χ3n) is 3.99. The summed E-state index contributed by atoms with van der Waals surface area (Å²) >= 11 is 0. The maximum absolute atomic E-state index is 10.7. The molecule has 2 rings (SSSR count). The molecule has 1 aromatic carbocycles. The molecule has 2 atom stereocenters. The highest BCUT2D eigenvalue weighted by Gasteiger charge is 2.37. The molecule has 0 bridgehead atoms. The van der Waals surface area contributed by atoms with Crippen molar-refractivity contribution in [2.75, 3.05) is 6.54 Å². The van der Waals surface area contributed by atoms with Gasteiger partial charge in [-0.3, -0.25) is 0 Å². The van der Waals surface area contributed by atoms with Crippen LogP contribution in [0.2, 0.25) is 0 Å². The Morgan fingerprint density at radius 1 is 1.44 bits per heavy atom. The average Bonchev–Trinajstić information content (AvgIpc) is 2.70. The first-order valence-corrected chi connectivity index (χ1v) is 6.60. The second kappa shape index (κ2) is 5.42. The van der Waals surface area contributed by atoms with Crippen LogP contribution in [0.4, 0.5) is 4.79 Å². The predicted molar refractivity (Wildman–Crippen MR) is 71.6 cm³/mol. The van der Waals surface area contributed by atoms with E-state index in [0.717, 1.165) is 19.3 Å². The lowest BCUT2D eigenvalue weighted by Gasteiger charge is -2.29. The molecule has 0 aliphatic heterocycles. The van der Waals surface area contributed by atoms with E-state index in [2.05, 4.69) is 24.4 Å². The third-order valence-corrected chi connectivity index (χ3v) is 3.99. The molecular formula is C15H21NO2. The van der Waals surface area contributed by atoms with Crippen molar-refractivity contribution < 1.29 is 9.90 Å². The summed E-state index contributed by atoms with van der Waals surface area (Å²) in [6.45, 7) is 2.83. The molecule has 1 amide bonds. The number of nitrogens with one attached hydrogen (secondary N) is 1. The number of hydrogen-bond acceptors (Lipinski definition) is 1. The third kappa shape index (κ3) is 3.25. The largest absolute Gasteiger partial charge is 0.465 e. The number of benzene rings is 1. The first-order chi connectivity index (χ1) is 8.60. The van der Waals surface area contributed by atoms with Crippen LogP contribution in [-0.4, -0.2) is 17.7 Å². The zero-order valence-corrected chi connectivity index (χ0v) is 10.9. The van der Waals surface area contributed by atoms with Gasteiger partial charge in [0.2, 0.25) is 0 Å². The van der Waals surface area contributed by atoms with Crippen molar-refractivity contribution in [2.45, 2.75) is 32.6 Å². The van der Waals surface area contributed by atoms with Gasteiger partial charge in [0.15, 0.2) is 0 Å². The summed E-state index contributed by atoms with van der Waals surface area (Å²) in [6, 6.07) is 10.4. The first-order valence-electron chi connectivity index (χ1n) is 6.60. The maximum atomic E-state index is 10.7. The van der Waals surface area contributed by atoms with Crippen molar-refractivity contribution >= 4 is 6.09 Å². The molecule has 1 fully saturated rings. The van der Waals surface area contributed by atoms with Gasteiger partial charge in [0.1, 0.15) is 0 Å². The van der Waals surface area contributed by atoms with Crippen LogP contribution in [0, 0.1) is 11.3 Å². The van der Waals surface area contributed by atoms with Gasteiger partial charge in [-0.25, -0.2) is 4.79 Å². The first kappa shape index (κ1) is 12.9. The fourth-order valence-corrected chi connectivity index (χ4v) is 3.17. The molecule has 2 N–H and O–H groups in total. The summed E-state index contributed by atoms with van der Waals surface area (Å²) in [6.07, 6.45) is 3.49. The van der Waals surface area contributed by atoms with E-state index in [1.807, 2.05) is 18.2 Å².